The molecule has 3 heteroatoms. The van der Waals surface area contributed by atoms with Crippen molar-refractivity contribution in [2.24, 2.45) is 0 Å². The highest BCUT2D eigenvalue weighted by Crippen LogP contribution is 2.27. The molecular weight excluding hydrogens is 250 g/mol. The van der Waals surface area contributed by atoms with Gasteiger partial charge in [0, 0.05) is 18.2 Å². The number of benzene rings is 1. The van der Waals surface area contributed by atoms with Gasteiger partial charge in [-0.05, 0) is 45.2 Å². The number of aryl methyl sites for hydroxylation is 2. The van der Waals surface area contributed by atoms with Crippen LogP contribution in [0.25, 0.3) is 0 Å². The van der Waals surface area contributed by atoms with Crippen molar-refractivity contribution in [1.29, 1.82) is 0 Å². The Hall–Kier alpha value is -1.19. The highest BCUT2D eigenvalue weighted by Gasteiger charge is 2.32. The van der Waals surface area contributed by atoms with Gasteiger partial charge in [-0.15, -0.1) is 0 Å². The average Bonchev–Trinajstić information content (AvgIpc) is 2.37. The fourth-order valence-electron chi connectivity index (χ4n) is 2.90. The summed E-state index contributed by atoms with van der Waals surface area (Å²) in [5.74, 6) is 0.173. The predicted octanol–water partition coefficient (Wildman–Crippen LogP) is 2.72. The van der Waals surface area contributed by atoms with Gasteiger partial charge in [-0.25, -0.2) is 0 Å². The number of rotatable bonds is 6. The maximum atomic E-state index is 12.8. The molecule has 3 nitrogen and oxygen atoms in total. The van der Waals surface area contributed by atoms with Crippen LogP contribution in [0.3, 0.4) is 0 Å². The zero-order valence-corrected chi connectivity index (χ0v) is 12.7. The van der Waals surface area contributed by atoms with Crippen LogP contribution in [0.1, 0.15) is 47.7 Å². The van der Waals surface area contributed by atoms with Crippen LogP contribution in [0.15, 0.2) is 18.2 Å². The molecular formula is C17H25NO2. The van der Waals surface area contributed by atoms with Gasteiger partial charge in [-0.3, -0.25) is 9.69 Å². The van der Waals surface area contributed by atoms with Crippen molar-refractivity contribution >= 4 is 5.78 Å². The molecule has 1 saturated carbocycles. The van der Waals surface area contributed by atoms with Crippen molar-refractivity contribution in [2.45, 2.75) is 52.1 Å². The summed E-state index contributed by atoms with van der Waals surface area (Å²) in [5.41, 5.74) is 2.97. The summed E-state index contributed by atoms with van der Waals surface area (Å²) in [6.45, 7) is 6.67. The molecule has 1 fully saturated rings. The van der Waals surface area contributed by atoms with E-state index in [9.17, 15) is 9.90 Å². The van der Waals surface area contributed by atoms with Crippen molar-refractivity contribution in [2.75, 3.05) is 13.2 Å². The van der Waals surface area contributed by atoms with Gasteiger partial charge in [0.25, 0.3) is 0 Å². The third-order valence-corrected chi connectivity index (χ3v) is 4.44. The van der Waals surface area contributed by atoms with E-state index in [1.807, 2.05) is 39.0 Å². The van der Waals surface area contributed by atoms with Gasteiger partial charge in [-0.2, -0.15) is 0 Å². The molecule has 0 radical (unpaired) electrons. The van der Waals surface area contributed by atoms with Crippen LogP contribution in [0.2, 0.25) is 0 Å². The van der Waals surface area contributed by atoms with E-state index in [1.165, 1.54) is 6.42 Å². The molecule has 1 aliphatic carbocycles. The van der Waals surface area contributed by atoms with Crippen LogP contribution in [-0.4, -0.2) is 41.0 Å². The van der Waals surface area contributed by atoms with E-state index >= 15 is 0 Å². The van der Waals surface area contributed by atoms with Gasteiger partial charge in [0.2, 0.25) is 0 Å². The topological polar surface area (TPSA) is 40.5 Å². The second-order valence-corrected chi connectivity index (χ2v) is 5.90. The number of Topliss-reactive ketones (excluding diaryl/α,β-unsaturated/α-hetero) is 1. The predicted molar refractivity (Wildman–Crippen MR) is 81.1 cm³/mol. The fourth-order valence-corrected chi connectivity index (χ4v) is 2.90. The van der Waals surface area contributed by atoms with Crippen molar-refractivity contribution in [3.8, 4) is 0 Å². The third-order valence-electron chi connectivity index (χ3n) is 4.44. The average molecular weight is 275 g/mol. The van der Waals surface area contributed by atoms with Crippen molar-refractivity contribution in [1.82, 2.24) is 4.90 Å². The summed E-state index contributed by atoms with van der Waals surface area (Å²) in [7, 11) is 0. The molecule has 1 aliphatic rings. The molecule has 110 valence electrons. The number of carbonyl (C=O) groups is 1. The van der Waals surface area contributed by atoms with Gasteiger partial charge in [0.05, 0.1) is 12.6 Å². The monoisotopic (exact) mass is 275 g/mol. The Bertz CT molecular complexity index is 480. The van der Waals surface area contributed by atoms with Gasteiger partial charge in [0.15, 0.2) is 5.78 Å². The molecule has 0 bridgehead atoms. The van der Waals surface area contributed by atoms with Crippen molar-refractivity contribution in [3.63, 3.8) is 0 Å². The summed E-state index contributed by atoms with van der Waals surface area (Å²) >= 11 is 0. The van der Waals surface area contributed by atoms with E-state index in [0.29, 0.717) is 12.6 Å². The first kappa shape index (κ1) is 15.2. The Labute approximate surface area is 121 Å². The first-order valence-corrected chi connectivity index (χ1v) is 7.52. The number of hydrogen-bond acceptors (Lipinski definition) is 3. The van der Waals surface area contributed by atoms with Crippen LogP contribution in [0.4, 0.5) is 0 Å². The first-order chi connectivity index (χ1) is 9.54. The van der Waals surface area contributed by atoms with Gasteiger partial charge < -0.3 is 5.11 Å². The minimum atomic E-state index is -0.159. The number of aliphatic hydroxyl groups excluding tert-OH is 1. The molecule has 0 aliphatic heterocycles. The van der Waals surface area contributed by atoms with Crippen LogP contribution in [0, 0.1) is 13.8 Å². The van der Waals surface area contributed by atoms with Gasteiger partial charge in [0.1, 0.15) is 0 Å². The molecule has 0 amide bonds. The number of ketones is 1. The van der Waals surface area contributed by atoms with E-state index in [-0.39, 0.29) is 18.4 Å². The zero-order chi connectivity index (χ0) is 14.7. The summed E-state index contributed by atoms with van der Waals surface area (Å²) in [4.78, 5) is 14.9. The van der Waals surface area contributed by atoms with E-state index < -0.39 is 0 Å². The Morgan fingerprint density at radius 2 is 2.10 bits per heavy atom. The standard InChI is InChI=1S/C17H25NO2/c1-12-7-8-13(2)16(11-12)17(20)14(3)18(9-10-19)15-5-4-6-15/h7-8,11,14-15,19H,4-6,9-10H2,1-3H3. The molecule has 2 rings (SSSR count). The second-order valence-electron chi connectivity index (χ2n) is 5.90. The molecule has 0 saturated heterocycles. The summed E-state index contributed by atoms with van der Waals surface area (Å²) in [6.07, 6.45) is 3.52. The first-order valence-electron chi connectivity index (χ1n) is 7.52. The van der Waals surface area contributed by atoms with E-state index in [1.54, 1.807) is 0 Å². The fraction of sp³-hybridized carbons (Fsp3) is 0.588. The minimum Gasteiger partial charge on any atom is -0.395 e. The van der Waals surface area contributed by atoms with Crippen molar-refractivity contribution < 1.29 is 9.90 Å². The molecule has 0 heterocycles. The molecule has 1 atom stereocenters. The maximum absolute atomic E-state index is 12.8. The molecule has 1 unspecified atom stereocenters. The second kappa shape index (κ2) is 6.51. The Morgan fingerprint density at radius 3 is 2.65 bits per heavy atom. The largest absolute Gasteiger partial charge is 0.395 e. The normalized spacial score (nSPS) is 17.1. The van der Waals surface area contributed by atoms with Crippen LogP contribution < -0.4 is 0 Å². The van der Waals surface area contributed by atoms with E-state index in [2.05, 4.69) is 4.90 Å². The van der Waals surface area contributed by atoms with Gasteiger partial charge >= 0.3 is 0 Å². The van der Waals surface area contributed by atoms with Crippen LogP contribution in [0.5, 0.6) is 0 Å². The quantitative estimate of drug-likeness (QED) is 0.812. The number of hydrogen-bond donors (Lipinski definition) is 1. The third kappa shape index (κ3) is 3.10. The molecule has 20 heavy (non-hydrogen) atoms. The lowest BCUT2D eigenvalue weighted by Crippen LogP contribution is -2.50. The molecule has 0 aromatic heterocycles. The highest BCUT2D eigenvalue weighted by atomic mass is 16.3. The zero-order valence-electron chi connectivity index (χ0n) is 12.7. The number of nitrogens with zero attached hydrogens (tertiary/aromatic N) is 1. The maximum Gasteiger partial charge on any atom is 0.179 e. The van der Waals surface area contributed by atoms with Crippen LogP contribution >= 0.6 is 0 Å². The smallest absolute Gasteiger partial charge is 0.179 e. The van der Waals surface area contributed by atoms with E-state index in [4.69, 9.17) is 0 Å². The molecule has 1 aromatic rings. The minimum absolute atomic E-state index is 0.112. The molecule has 1 N–H and O–H groups in total. The Balaban J connectivity index is 2.19. The number of carbonyl (C=O) groups excluding carboxylic acids is 1. The Kier molecular flexibility index (Phi) is 4.95. The SMILES string of the molecule is Cc1ccc(C)c(C(=O)C(C)N(CCO)C2CCC2)c1. The van der Waals surface area contributed by atoms with Crippen molar-refractivity contribution in [3.05, 3.63) is 34.9 Å². The van der Waals surface area contributed by atoms with Crippen LogP contribution in [-0.2, 0) is 0 Å². The lowest BCUT2D eigenvalue weighted by atomic mass is 9.88. The lowest BCUT2D eigenvalue weighted by molar-refractivity contribution is 0.0528. The van der Waals surface area contributed by atoms with Gasteiger partial charge in [-0.1, -0.05) is 24.1 Å². The highest BCUT2D eigenvalue weighted by molar-refractivity contribution is 6.01. The summed E-state index contributed by atoms with van der Waals surface area (Å²) < 4.78 is 0. The Morgan fingerprint density at radius 1 is 1.40 bits per heavy atom. The molecule has 1 aromatic carbocycles. The molecule has 0 spiro atoms. The lowest BCUT2D eigenvalue weighted by Gasteiger charge is -2.40. The number of aliphatic hydroxyl groups is 1. The summed E-state index contributed by atoms with van der Waals surface area (Å²) in [6, 6.07) is 6.33. The summed E-state index contributed by atoms with van der Waals surface area (Å²) in [5, 5.41) is 9.25. The van der Waals surface area contributed by atoms with E-state index in [0.717, 1.165) is 29.5 Å².